The summed E-state index contributed by atoms with van der Waals surface area (Å²) in [5.41, 5.74) is 2.00. The number of hydrogen-bond donors (Lipinski definition) is 0. The molecule has 1 aromatic rings. The molecule has 1 fully saturated rings. The molecule has 0 spiro atoms. The first kappa shape index (κ1) is 15.3. The van der Waals surface area contributed by atoms with E-state index in [-0.39, 0.29) is 18.3 Å². The number of allylic oxidation sites excluding steroid dienone is 1. The Bertz CT molecular complexity index is 461. The average molecular weight is 272 g/mol. The molecule has 0 radical (unpaired) electrons. The smallest absolute Gasteiger partial charge is 0.400 e. The van der Waals surface area contributed by atoms with E-state index in [1.54, 1.807) is 0 Å². The van der Waals surface area contributed by atoms with Crippen molar-refractivity contribution in [3.05, 3.63) is 41.9 Å². The first-order valence-corrected chi connectivity index (χ1v) is 7.47. The van der Waals surface area contributed by atoms with Crippen molar-refractivity contribution in [2.45, 2.75) is 58.7 Å². The molecule has 20 heavy (non-hydrogen) atoms. The third-order valence-electron chi connectivity index (χ3n) is 4.27. The van der Waals surface area contributed by atoms with Gasteiger partial charge in [-0.25, -0.2) is 0 Å². The molecule has 2 rings (SSSR count). The first-order chi connectivity index (χ1) is 9.36. The van der Waals surface area contributed by atoms with Crippen LogP contribution in [0.5, 0.6) is 0 Å². The van der Waals surface area contributed by atoms with Crippen molar-refractivity contribution in [1.29, 1.82) is 0 Å². The molecule has 0 saturated carbocycles. The van der Waals surface area contributed by atoms with Crippen LogP contribution >= 0.6 is 0 Å². The van der Waals surface area contributed by atoms with E-state index < -0.39 is 0 Å². The Hall–Kier alpha value is -1.06. The highest BCUT2D eigenvalue weighted by molar-refractivity contribution is 6.53. The van der Waals surface area contributed by atoms with Crippen LogP contribution in [0, 0.1) is 0 Å². The third kappa shape index (κ3) is 3.16. The van der Waals surface area contributed by atoms with E-state index >= 15 is 0 Å². The lowest BCUT2D eigenvalue weighted by molar-refractivity contribution is 0.00578. The second kappa shape index (κ2) is 5.75. The summed E-state index contributed by atoms with van der Waals surface area (Å²) in [6.45, 7) is 10.5. The Kier molecular flexibility index (Phi) is 4.41. The van der Waals surface area contributed by atoms with Crippen molar-refractivity contribution >= 4 is 12.7 Å². The summed E-state index contributed by atoms with van der Waals surface area (Å²) >= 11 is 0. The highest BCUT2D eigenvalue weighted by atomic mass is 16.7. The van der Waals surface area contributed by atoms with E-state index in [2.05, 4.69) is 64.9 Å². The van der Waals surface area contributed by atoms with E-state index in [1.165, 1.54) is 11.1 Å². The molecular formula is C17H25BO2. The Morgan fingerprint density at radius 1 is 1.05 bits per heavy atom. The minimum Gasteiger partial charge on any atom is -0.400 e. The standard InChI is InChI=1S/C17H25BO2/c1-6-10-15(14-11-8-7-9-12-14)13-18-19-16(2,3)17(4,5)20-18/h7-9,11-13H,6,10H2,1-5H3/b15-13-. The van der Waals surface area contributed by atoms with Crippen LogP contribution < -0.4 is 0 Å². The van der Waals surface area contributed by atoms with Gasteiger partial charge in [0.05, 0.1) is 11.2 Å². The lowest BCUT2D eigenvalue weighted by Gasteiger charge is -2.32. The molecule has 2 nitrogen and oxygen atoms in total. The molecule has 0 unspecified atom stereocenters. The van der Waals surface area contributed by atoms with Crippen LogP contribution in [-0.2, 0) is 9.31 Å². The quantitative estimate of drug-likeness (QED) is 0.751. The summed E-state index contributed by atoms with van der Waals surface area (Å²) < 4.78 is 12.1. The summed E-state index contributed by atoms with van der Waals surface area (Å²) in [6, 6.07) is 10.5. The molecule has 3 heteroatoms. The van der Waals surface area contributed by atoms with Gasteiger partial charge in [0.25, 0.3) is 0 Å². The van der Waals surface area contributed by atoms with Crippen molar-refractivity contribution in [1.82, 2.24) is 0 Å². The summed E-state index contributed by atoms with van der Waals surface area (Å²) in [4.78, 5) is 0. The summed E-state index contributed by atoms with van der Waals surface area (Å²) in [5, 5.41) is 0. The van der Waals surface area contributed by atoms with Crippen molar-refractivity contribution in [2.75, 3.05) is 0 Å². The molecule has 108 valence electrons. The number of benzene rings is 1. The fourth-order valence-corrected chi connectivity index (χ4v) is 2.37. The zero-order valence-corrected chi connectivity index (χ0v) is 13.3. The molecule has 1 aromatic carbocycles. The predicted octanol–water partition coefficient (Wildman–Crippen LogP) is 4.50. The van der Waals surface area contributed by atoms with Crippen LogP contribution in [0.2, 0.25) is 0 Å². The number of hydrogen-bond acceptors (Lipinski definition) is 2. The molecule has 0 N–H and O–H groups in total. The second-order valence-electron chi connectivity index (χ2n) is 6.43. The maximum atomic E-state index is 6.06. The van der Waals surface area contributed by atoms with Gasteiger partial charge >= 0.3 is 7.12 Å². The van der Waals surface area contributed by atoms with Crippen LogP contribution in [0.4, 0.5) is 0 Å². The molecule has 1 heterocycles. The summed E-state index contributed by atoms with van der Waals surface area (Å²) in [5.74, 6) is 2.13. The van der Waals surface area contributed by atoms with Crippen LogP contribution in [-0.4, -0.2) is 18.3 Å². The van der Waals surface area contributed by atoms with Gasteiger partial charge in [-0.1, -0.05) is 49.7 Å². The van der Waals surface area contributed by atoms with Crippen LogP contribution in [0.25, 0.3) is 5.57 Å². The van der Waals surface area contributed by atoms with Crippen LogP contribution in [0.1, 0.15) is 53.0 Å². The largest absolute Gasteiger partial charge is 0.487 e. The topological polar surface area (TPSA) is 18.5 Å². The maximum absolute atomic E-state index is 6.06. The highest BCUT2D eigenvalue weighted by Crippen LogP contribution is 2.37. The molecular weight excluding hydrogens is 247 g/mol. The Balaban J connectivity index is 2.23. The Labute approximate surface area is 123 Å². The number of rotatable bonds is 4. The summed E-state index contributed by atoms with van der Waals surface area (Å²) in [6.07, 6.45) is 2.15. The SMILES string of the molecule is CCC/C(=C/B1OC(C)(C)C(C)(C)O1)c1ccccc1. The molecule has 0 bridgehead atoms. The van der Waals surface area contributed by atoms with Gasteiger partial charge < -0.3 is 9.31 Å². The fourth-order valence-electron chi connectivity index (χ4n) is 2.37. The monoisotopic (exact) mass is 272 g/mol. The molecule has 0 aromatic heterocycles. The average Bonchev–Trinajstić information content (AvgIpc) is 2.58. The molecule has 1 aliphatic rings. The zero-order chi connectivity index (χ0) is 14.8. The molecule has 0 atom stereocenters. The minimum atomic E-state index is -0.276. The maximum Gasteiger partial charge on any atom is 0.487 e. The minimum absolute atomic E-state index is 0.262. The zero-order valence-electron chi connectivity index (χ0n) is 13.3. The van der Waals surface area contributed by atoms with Crippen LogP contribution in [0.15, 0.2) is 36.3 Å². The summed E-state index contributed by atoms with van der Waals surface area (Å²) in [7, 11) is -0.262. The van der Waals surface area contributed by atoms with Crippen LogP contribution in [0.3, 0.4) is 0 Å². The van der Waals surface area contributed by atoms with E-state index in [4.69, 9.17) is 9.31 Å². The van der Waals surface area contributed by atoms with Gasteiger partial charge in [0.1, 0.15) is 0 Å². The van der Waals surface area contributed by atoms with Gasteiger partial charge in [-0.05, 0) is 45.3 Å². The van der Waals surface area contributed by atoms with E-state index in [0.29, 0.717) is 0 Å². The Morgan fingerprint density at radius 3 is 2.10 bits per heavy atom. The molecule has 0 aliphatic carbocycles. The molecule has 1 saturated heterocycles. The van der Waals surface area contributed by atoms with Crippen molar-refractivity contribution in [3.8, 4) is 0 Å². The van der Waals surface area contributed by atoms with Gasteiger partial charge in [0.2, 0.25) is 0 Å². The Morgan fingerprint density at radius 2 is 1.60 bits per heavy atom. The highest BCUT2D eigenvalue weighted by Gasteiger charge is 2.50. The first-order valence-electron chi connectivity index (χ1n) is 7.47. The van der Waals surface area contributed by atoms with E-state index in [1.807, 2.05) is 6.07 Å². The van der Waals surface area contributed by atoms with Gasteiger partial charge in [0, 0.05) is 0 Å². The lowest BCUT2D eigenvalue weighted by atomic mass is 9.83. The molecule has 0 amide bonds. The van der Waals surface area contributed by atoms with Crippen molar-refractivity contribution in [2.24, 2.45) is 0 Å². The van der Waals surface area contributed by atoms with Gasteiger partial charge in [-0.15, -0.1) is 0 Å². The second-order valence-corrected chi connectivity index (χ2v) is 6.43. The van der Waals surface area contributed by atoms with Gasteiger partial charge in [-0.3, -0.25) is 0 Å². The normalized spacial score (nSPS) is 21.2. The predicted molar refractivity (Wildman–Crippen MR) is 85.4 cm³/mol. The molecule has 1 aliphatic heterocycles. The van der Waals surface area contributed by atoms with Gasteiger partial charge in [-0.2, -0.15) is 0 Å². The lowest BCUT2D eigenvalue weighted by Crippen LogP contribution is -2.41. The fraction of sp³-hybridized carbons (Fsp3) is 0.529. The third-order valence-corrected chi connectivity index (χ3v) is 4.27. The van der Waals surface area contributed by atoms with Crippen molar-refractivity contribution < 1.29 is 9.31 Å². The van der Waals surface area contributed by atoms with Crippen molar-refractivity contribution in [3.63, 3.8) is 0 Å². The van der Waals surface area contributed by atoms with E-state index in [0.717, 1.165) is 12.8 Å². The van der Waals surface area contributed by atoms with Gasteiger partial charge in [0.15, 0.2) is 0 Å². The van der Waals surface area contributed by atoms with E-state index in [9.17, 15) is 0 Å².